The molecule has 0 N–H and O–H groups in total. The summed E-state index contributed by atoms with van der Waals surface area (Å²) in [4.78, 5) is 17.1. The highest BCUT2D eigenvalue weighted by Gasteiger charge is 2.12. The molecule has 0 amide bonds. The van der Waals surface area contributed by atoms with Crippen LogP contribution in [0.15, 0.2) is 77.6 Å². The zero-order valence-corrected chi connectivity index (χ0v) is 16.9. The van der Waals surface area contributed by atoms with Gasteiger partial charge in [0.15, 0.2) is 0 Å². The van der Waals surface area contributed by atoms with Gasteiger partial charge in [0.2, 0.25) is 0 Å². The van der Waals surface area contributed by atoms with Gasteiger partial charge in [-0.05, 0) is 42.3 Å². The number of aromatic nitrogens is 2. The summed E-state index contributed by atoms with van der Waals surface area (Å²) in [5.41, 5.74) is 3.12. The van der Waals surface area contributed by atoms with Crippen LogP contribution >= 0.6 is 11.6 Å². The molecule has 0 unspecified atom stereocenters. The van der Waals surface area contributed by atoms with Crippen molar-refractivity contribution in [2.45, 2.75) is 19.8 Å². The minimum absolute atomic E-state index is 0.321. The van der Waals surface area contributed by atoms with Crippen LogP contribution in [0.2, 0.25) is 5.02 Å². The number of nitrogens with zero attached hydrogens (tertiary/aromatic N) is 2. The first kappa shape index (κ1) is 19.2. The SMILES string of the molecule is CCc1nc(=O)n(-c2cccc(OCCc3ccccc3)c2)c2cc(Cl)ccc12. The molecule has 0 fully saturated rings. The molecule has 0 aliphatic rings. The third kappa shape index (κ3) is 4.17. The second-order valence-corrected chi connectivity index (χ2v) is 7.21. The Hall–Kier alpha value is -3.11. The third-order valence-corrected chi connectivity index (χ3v) is 5.08. The predicted molar refractivity (Wildman–Crippen MR) is 117 cm³/mol. The number of ether oxygens (including phenoxy) is 1. The van der Waals surface area contributed by atoms with Crippen molar-refractivity contribution in [2.24, 2.45) is 0 Å². The van der Waals surface area contributed by atoms with Crippen molar-refractivity contribution in [2.75, 3.05) is 6.61 Å². The summed E-state index contributed by atoms with van der Waals surface area (Å²) in [6.07, 6.45) is 1.49. The molecule has 0 spiro atoms. The van der Waals surface area contributed by atoms with E-state index in [9.17, 15) is 4.79 Å². The lowest BCUT2D eigenvalue weighted by Gasteiger charge is -2.14. The molecule has 1 aromatic heterocycles. The Labute approximate surface area is 174 Å². The van der Waals surface area contributed by atoms with E-state index < -0.39 is 0 Å². The van der Waals surface area contributed by atoms with Gasteiger partial charge in [-0.3, -0.25) is 4.57 Å². The molecule has 0 radical (unpaired) electrons. The van der Waals surface area contributed by atoms with Gasteiger partial charge in [-0.2, -0.15) is 4.98 Å². The maximum atomic E-state index is 12.8. The molecule has 0 saturated heterocycles. The second kappa shape index (κ2) is 8.50. The third-order valence-electron chi connectivity index (χ3n) is 4.85. The van der Waals surface area contributed by atoms with Gasteiger partial charge in [0.05, 0.1) is 23.5 Å². The summed E-state index contributed by atoms with van der Waals surface area (Å²) >= 11 is 6.22. The van der Waals surface area contributed by atoms with Gasteiger partial charge < -0.3 is 4.74 Å². The Morgan fingerprint density at radius 1 is 1.00 bits per heavy atom. The Bertz CT molecular complexity index is 1200. The fraction of sp³-hybridized carbons (Fsp3) is 0.167. The summed E-state index contributed by atoms with van der Waals surface area (Å²) in [6, 6.07) is 23.2. The summed E-state index contributed by atoms with van der Waals surface area (Å²) in [6.45, 7) is 2.54. The molecule has 4 nitrogen and oxygen atoms in total. The molecule has 0 aliphatic carbocycles. The molecule has 3 aromatic carbocycles. The van der Waals surface area contributed by atoms with E-state index in [4.69, 9.17) is 16.3 Å². The number of hydrogen-bond acceptors (Lipinski definition) is 3. The summed E-state index contributed by atoms with van der Waals surface area (Å²) in [5, 5.41) is 1.50. The Morgan fingerprint density at radius 3 is 2.62 bits per heavy atom. The maximum Gasteiger partial charge on any atom is 0.352 e. The predicted octanol–water partition coefficient (Wildman–Crippen LogP) is 5.22. The first-order valence-electron chi connectivity index (χ1n) is 9.64. The largest absolute Gasteiger partial charge is 0.493 e. The highest BCUT2D eigenvalue weighted by molar-refractivity contribution is 6.31. The van der Waals surface area contributed by atoms with Crippen molar-refractivity contribution >= 4 is 22.5 Å². The lowest BCUT2D eigenvalue weighted by atomic mass is 10.1. The second-order valence-electron chi connectivity index (χ2n) is 6.77. The molecular formula is C24H21ClN2O2. The normalized spacial score (nSPS) is 11.0. The standard InChI is InChI=1S/C24H21ClN2O2/c1-2-22-21-12-11-18(25)15-23(21)27(24(28)26-22)19-9-6-10-20(16-19)29-14-13-17-7-4-3-5-8-17/h3-12,15-16H,2,13-14H2,1H3. The number of aryl methyl sites for hydroxylation is 1. The Balaban J connectivity index is 1.68. The molecule has 0 saturated carbocycles. The van der Waals surface area contributed by atoms with E-state index >= 15 is 0 Å². The van der Waals surface area contributed by atoms with E-state index in [1.54, 1.807) is 4.57 Å². The van der Waals surface area contributed by atoms with Crippen LogP contribution in [0.1, 0.15) is 18.2 Å². The number of fused-ring (bicyclic) bond motifs is 1. The van der Waals surface area contributed by atoms with E-state index in [1.807, 2.05) is 67.6 Å². The molecular weight excluding hydrogens is 384 g/mol. The molecule has 29 heavy (non-hydrogen) atoms. The van der Waals surface area contributed by atoms with Gasteiger partial charge in [-0.1, -0.05) is 54.9 Å². The topological polar surface area (TPSA) is 44.1 Å². The molecule has 0 atom stereocenters. The highest BCUT2D eigenvalue weighted by atomic mass is 35.5. The lowest BCUT2D eigenvalue weighted by molar-refractivity contribution is 0.322. The zero-order valence-electron chi connectivity index (χ0n) is 16.1. The average molecular weight is 405 g/mol. The van der Waals surface area contributed by atoms with Crippen LogP contribution < -0.4 is 10.4 Å². The molecule has 5 heteroatoms. The smallest absolute Gasteiger partial charge is 0.352 e. The highest BCUT2D eigenvalue weighted by Crippen LogP contribution is 2.24. The number of halogens is 1. The fourth-order valence-electron chi connectivity index (χ4n) is 3.43. The Kier molecular flexibility index (Phi) is 5.63. The van der Waals surface area contributed by atoms with Crippen molar-refractivity contribution in [3.8, 4) is 11.4 Å². The van der Waals surface area contributed by atoms with Gasteiger partial charge >= 0.3 is 5.69 Å². The van der Waals surface area contributed by atoms with Crippen molar-refractivity contribution in [1.29, 1.82) is 0 Å². The first-order chi connectivity index (χ1) is 14.2. The van der Waals surface area contributed by atoms with E-state index in [0.717, 1.165) is 23.0 Å². The molecule has 4 rings (SSSR count). The molecule has 146 valence electrons. The monoisotopic (exact) mass is 404 g/mol. The Morgan fingerprint density at radius 2 is 1.83 bits per heavy atom. The van der Waals surface area contributed by atoms with Gasteiger partial charge in [-0.15, -0.1) is 0 Å². The molecule has 0 bridgehead atoms. The van der Waals surface area contributed by atoms with Crippen molar-refractivity contribution in [3.05, 3.63) is 99.6 Å². The quantitative estimate of drug-likeness (QED) is 0.442. The van der Waals surface area contributed by atoms with Gasteiger partial charge in [-0.25, -0.2) is 4.79 Å². The van der Waals surface area contributed by atoms with Crippen LogP contribution in [-0.4, -0.2) is 16.2 Å². The van der Waals surface area contributed by atoms with Gasteiger partial charge in [0, 0.05) is 22.9 Å². The molecule has 1 heterocycles. The molecule has 0 aliphatic heterocycles. The van der Waals surface area contributed by atoms with Gasteiger partial charge in [0.1, 0.15) is 5.75 Å². The fourth-order valence-corrected chi connectivity index (χ4v) is 3.59. The average Bonchev–Trinajstić information content (AvgIpc) is 2.74. The minimum atomic E-state index is -0.321. The van der Waals surface area contributed by atoms with E-state index in [1.165, 1.54) is 5.56 Å². The number of benzene rings is 3. The maximum absolute atomic E-state index is 12.8. The van der Waals surface area contributed by atoms with Crippen molar-refractivity contribution < 1.29 is 4.74 Å². The van der Waals surface area contributed by atoms with E-state index in [-0.39, 0.29) is 5.69 Å². The van der Waals surface area contributed by atoms with Gasteiger partial charge in [0.25, 0.3) is 0 Å². The van der Waals surface area contributed by atoms with Crippen LogP contribution in [0.3, 0.4) is 0 Å². The van der Waals surface area contributed by atoms with Crippen LogP contribution in [-0.2, 0) is 12.8 Å². The number of hydrogen-bond donors (Lipinski definition) is 0. The van der Waals surface area contributed by atoms with Crippen molar-refractivity contribution in [3.63, 3.8) is 0 Å². The summed E-state index contributed by atoms with van der Waals surface area (Å²) < 4.78 is 7.52. The van der Waals surface area contributed by atoms with Crippen molar-refractivity contribution in [1.82, 2.24) is 9.55 Å². The number of rotatable bonds is 6. The van der Waals surface area contributed by atoms with E-state index in [0.29, 0.717) is 29.5 Å². The van der Waals surface area contributed by atoms with Crippen LogP contribution in [0.25, 0.3) is 16.6 Å². The van der Waals surface area contributed by atoms with Crippen LogP contribution in [0, 0.1) is 0 Å². The molecule has 4 aromatic rings. The lowest BCUT2D eigenvalue weighted by Crippen LogP contribution is -2.23. The van der Waals surface area contributed by atoms with Crippen LogP contribution in [0.4, 0.5) is 0 Å². The first-order valence-corrected chi connectivity index (χ1v) is 10.0. The minimum Gasteiger partial charge on any atom is -0.493 e. The van der Waals surface area contributed by atoms with E-state index in [2.05, 4.69) is 17.1 Å². The zero-order chi connectivity index (χ0) is 20.2. The van der Waals surface area contributed by atoms with Crippen LogP contribution in [0.5, 0.6) is 5.75 Å². The summed E-state index contributed by atoms with van der Waals surface area (Å²) in [7, 11) is 0. The summed E-state index contributed by atoms with van der Waals surface area (Å²) in [5.74, 6) is 0.708.